The van der Waals surface area contributed by atoms with Crippen molar-refractivity contribution in [2.75, 3.05) is 0 Å². The molecule has 0 N–H and O–H groups in total. The number of ether oxygens (including phenoxy) is 1. The molecular weight excluding hydrogens is 424 g/mol. The molecule has 0 saturated heterocycles. The average Bonchev–Trinajstić information content (AvgIpc) is 3.15. The van der Waals surface area contributed by atoms with E-state index in [-0.39, 0.29) is 0 Å². The Labute approximate surface area is 197 Å². The van der Waals surface area contributed by atoms with Crippen molar-refractivity contribution < 1.29 is 4.74 Å². The van der Waals surface area contributed by atoms with Crippen LogP contribution in [0.15, 0.2) is 115 Å². The second kappa shape index (κ2) is 6.84. The highest BCUT2D eigenvalue weighted by Gasteiger charge is 2.50. The Morgan fingerprint density at radius 2 is 1.03 bits per heavy atom. The summed E-state index contributed by atoms with van der Waals surface area (Å²) in [6.07, 6.45) is 0. The second-order valence-corrected chi connectivity index (χ2v) is 9.04. The lowest BCUT2D eigenvalue weighted by Crippen LogP contribution is -2.32. The van der Waals surface area contributed by atoms with Crippen LogP contribution in [0.3, 0.4) is 0 Å². The Balaban J connectivity index is 1.64. The van der Waals surface area contributed by atoms with Gasteiger partial charge in [-0.25, -0.2) is 0 Å². The molecule has 0 unspecified atom stereocenters. The van der Waals surface area contributed by atoms with Crippen LogP contribution >= 0.6 is 11.6 Å². The van der Waals surface area contributed by atoms with Crippen LogP contribution in [-0.4, -0.2) is 0 Å². The number of halogens is 1. The van der Waals surface area contributed by atoms with E-state index in [1.54, 1.807) is 0 Å². The van der Waals surface area contributed by atoms with Crippen molar-refractivity contribution >= 4 is 11.6 Å². The Morgan fingerprint density at radius 1 is 0.485 bits per heavy atom. The Kier molecular flexibility index (Phi) is 3.88. The van der Waals surface area contributed by atoms with E-state index in [1.165, 1.54) is 33.4 Å². The van der Waals surface area contributed by atoms with Crippen LogP contribution in [0, 0.1) is 0 Å². The molecule has 0 atom stereocenters. The average molecular weight is 443 g/mol. The summed E-state index contributed by atoms with van der Waals surface area (Å²) in [5.74, 6) is 1.81. The van der Waals surface area contributed by atoms with E-state index in [0.717, 1.165) is 27.6 Å². The van der Waals surface area contributed by atoms with Crippen LogP contribution in [0.1, 0.15) is 22.3 Å². The highest BCUT2D eigenvalue weighted by Crippen LogP contribution is 2.62. The second-order valence-electron chi connectivity index (χ2n) is 8.63. The third-order valence-corrected chi connectivity index (χ3v) is 7.36. The number of para-hydroxylation sites is 2. The van der Waals surface area contributed by atoms with Gasteiger partial charge in [-0.1, -0.05) is 103 Å². The van der Waals surface area contributed by atoms with E-state index < -0.39 is 5.41 Å². The molecule has 5 aromatic carbocycles. The monoisotopic (exact) mass is 442 g/mol. The molecule has 7 rings (SSSR count). The quantitative estimate of drug-likeness (QED) is 0.247. The molecule has 1 nitrogen and oxygen atoms in total. The van der Waals surface area contributed by atoms with E-state index in [1.807, 2.05) is 30.3 Å². The number of hydrogen-bond acceptors (Lipinski definition) is 1. The first-order chi connectivity index (χ1) is 16.3. The molecule has 0 aromatic heterocycles. The summed E-state index contributed by atoms with van der Waals surface area (Å²) in [5, 5.41) is 0.759. The van der Waals surface area contributed by atoms with Crippen LogP contribution in [-0.2, 0) is 5.41 Å². The van der Waals surface area contributed by atoms with Crippen molar-refractivity contribution in [3.63, 3.8) is 0 Å². The number of hydrogen-bond donors (Lipinski definition) is 0. The van der Waals surface area contributed by atoms with Gasteiger partial charge in [0.2, 0.25) is 0 Å². The summed E-state index contributed by atoms with van der Waals surface area (Å²) in [5.41, 5.74) is 9.14. The van der Waals surface area contributed by atoms with Crippen LogP contribution < -0.4 is 4.74 Å². The van der Waals surface area contributed by atoms with Gasteiger partial charge in [-0.3, -0.25) is 0 Å². The lowest BCUT2D eigenvalue weighted by Gasteiger charge is -2.39. The van der Waals surface area contributed by atoms with Crippen molar-refractivity contribution in [1.82, 2.24) is 0 Å². The maximum Gasteiger partial charge on any atom is 0.132 e. The third kappa shape index (κ3) is 2.43. The summed E-state index contributed by atoms with van der Waals surface area (Å²) < 4.78 is 6.41. The van der Waals surface area contributed by atoms with Gasteiger partial charge in [-0.05, 0) is 52.1 Å². The van der Waals surface area contributed by atoms with E-state index >= 15 is 0 Å². The molecule has 0 amide bonds. The summed E-state index contributed by atoms with van der Waals surface area (Å²) in [4.78, 5) is 0. The summed E-state index contributed by atoms with van der Waals surface area (Å²) in [7, 11) is 0. The molecule has 0 saturated carbocycles. The van der Waals surface area contributed by atoms with Gasteiger partial charge in [-0.15, -0.1) is 0 Å². The number of rotatable bonds is 1. The highest BCUT2D eigenvalue weighted by molar-refractivity contribution is 6.33. The van der Waals surface area contributed by atoms with Gasteiger partial charge in [0.25, 0.3) is 0 Å². The van der Waals surface area contributed by atoms with Gasteiger partial charge in [0.15, 0.2) is 0 Å². The standard InChI is InChI=1S/C31H19ClO/c32-28-14-6-2-9-21(28)20-17-18-23-22-10-1-3-11-24(22)31(27(23)19-20)25-12-4-7-15-29(25)33-30-16-8-5-13-26(30)31/h1-19H. The van der Waals surface area contributed by atoms with E-state index in [2.05, 4.69) is 84.9 Å². The van der Waals surface area contributed by atoms with Crippen molar-refractivity contribution in [1.29, 1.82) is 0 Å². The first kappa shape index (κ1) is 18.7. The fraction of sp³-hybridized carbons (Fsp3) is 0.0323. The number of fused-ring (bicyclic) bond motifs is 9. The van der Waals surface area contributed by atoms with Crippen LogP contribution in [0.2, 0.25) is 5.02 Å². The zero-order valence-corrected chi connectivity index (χ0v) is 18.5. The molecule has 156 valence electrons. The molecule has 1 spiro atoms. The predicted molar refractivity (Wildman–Crippen MR) is 134 cm³/mol. The molecular formula is C31H19ClO. The van der Waals surface area contributed by atoms with Gasteiger partial charge in [0.1, 0.15) is 11.5 Å². The molecule has 2 heteroatoms. The summed E-state index contributed by atoms with van der Waals surface area (Å²) in [6.45, 7) is 0. The van der Waals surface area contributed by atoms with Crippen LogP contribution in [0.5, 0.6) is 11.5 Å². The Hall–Kier alpha value is -3.81. The lowest BCUT2D eigenvalue weighted by molar-refractivity contribution is 0.436. The van der Waals surface area contributed by atoms with E-state index in [9.17, 15) is 0 Å². The topological polar surface area (TPSA) is 9.23 Å². The molecule has 1 aliphatic heterocycles. The lowest BCUT2D eigenvalue weighted by atomic mass is 9.66. The summed E-state index contributed by atoms with van der Waals surface area (Å²) in [6, 6.07) is 40.5. The van der Waals surface area contributed by atoms with E-state index in [0.29, 0.717) is 0 Å². The zero-order chi connectivity index (χ0) is 22.0. The minimum Gasteiger partial charge on any atom is -0.457 e. The molecule has 1 heterocycles. The highest BCUT2D eigenvalue weighted by atomic mass is 35.5. The number of benzene rings is 5. The minimum atomic E-state index is -0.450. The maximum atomic E-state index is 6.62. The van der Waals surface area contributed by atoms with Gasteiger partial charge in [0, 0.05) is 21.7 Å². The normalized spacial score (nSPS) is 14.1. The van der Waals surface area contributed by atoms with Gasteiger partial charge >= 0.3 is 0 Å². The molecule has 5 aromatic rings. The largest absolute Gasteiger partial charge is 0.457 e. The van der Waals surface area contributed by atoms with Crippen molar-refractivity contribution in [3.05, 3.63) is 143 Å². The molecule has 0 fully saturated rings. The first-order valence-electron chi connectivity index (χ1n) is 11.1. The zero-order valence-electron chi connectivity index (χ0n) is 17.8. The first-order valence-corrected chi connectivity index (χ1v) is 11.5. The fourth-order valence-electron chi connectivity index (χ4n) is 5.72. The smallest absolute Gasteiger partial charge is 0.132 e. The van der Waals surface area contributed by atoms with E-state index in [4.69, 9.17) is 16.3 Å². The molecule has 1 aliphatic carbocycles. The molecule has 2 aliphatic rings. The van der Waals surface area contributed by atoms with Gasteiger partial charge in [-0.2, -0.15) is 0 Å². The summed E-state index contributed by atoms with van der Waals surface area (Å²) >= 11 is 6.62. The Morgan fingerprint density at radius 3 is 1.73 bits per heavy atom. The minimum absolute atomic E-state index is 0.450. The predicted octanol–water partition coefficient (Wildman–Crippen LogP) is 8.48. The molecule has 33 heavy (non-hydrogen) atoms. The molecule has 0 bridgehead atoms. The fourth-order valence-corrected chi connectivity index (χ4v) is 5.96. The van der Waals surface area contributed by atoms with Crippen LogP contribution in [0.25, 0.3) is 22.3 Å². The van der Waals surface area contributed by atoms with Gasteiger partial charge in [0.05, 0.1) is 5.41 Å². The molecule has 0 radical (unpaired) electrons. The maximum absolute atomic E-state index is 6.62. The Bertz CT molecular complexity index is 1520. The third-order valence-electron chi connectivity index (χ3n) is 7.03. The van der Waals surface area contributed by atoms with Gasteiger partial charge < -0.3 is 4.74 Å². The van der Waals surface area contributed by atoms with Crippen LogP contribution in [0.4, 0.5) is 0 Å². The van der Waals surface area contributed by atoms with Crippen molar-refractivity contribution in [2.45, 2.75) is 5.41 Å². The van der Waals surface area contributed by atoms with Crippen molar-refractivity contribution in [2.24, 2.45) is 0 Å². The SMILES string of the molecule is Clc1ccccc1-c1ccc2c(c1)C1(c3ccccc3Oc3ccccc31)c1ccccc1-2. The van der Waals surface area contributed by atoms with Crippen molar-refractivity contribution in [3.8, 4) is 33.8 Å².